The molecule has 1 heterocycles. The fourth-order valence-corrected chi connectivity index (χ4v) is 2.02. The highest BCUT2D eigenvalue weighted by molar-refractivity contribution is 7.13. The standard InChI is InChI=1S/C11H10F3N3S/c1-7(16-10-17-15-6-18-10)8-3-2-4-9(5-8)11(12,13)14/h2-7H,1H3,(H,16,17). The summed E-state index contributed by atoms with van der Waals surface area (Å²) in [5.74, 6) is 0. The largest absolute Gasteiger partial charge is 0.416 e. The number of benzene rings is 1. The van der Waals surface area contributed by atoms with Crippen LogP contribution in [0.2, 0.25) is 0 Å². The molecular weight excluding hydrogens is 263 g/mol. The van der Waals surface area contributed by atoms with Crippen molar-refractivity contribution in [1.82, 2.24) is 10.2 Å². The Labute approximate surface area is 106 Å². The lowest BCUT2D eigenvalue weighted by atomic mass is 10.1. The lowest BCUT2D eigenvalue weighted by molar-refractivity contribution is -0.137. The van der Waals surface area contributed by atoms with Crippen molar-refractivity contribution in [2.45, 2.75) is 19.1 Å². The van der Waals surface area contributed by atoms with E-state index in [0.717, 1.165) is 12.1 Å². The average Bonchev–Trinajstić information content (AvgIpc) is 2.81. The Morgan fingerprint density at radius 1 is 1.33 bits per heavy atom. The normalized spacial score (nSPS) is 13.3. The number of anilines is 1. The van der Waals surface area contributed by atoms with E-state index in [4.69, 9.17) is 0 Å². The zero-order chi connectivity index (χ0) is 13.2. The molecule has 2 rings (SSSR count). The molecule has 0 amide bonds. The first-order valence-electron chi connectivity index (χ1n) is 5.16. The minimum atomic E-state index is -4.32. The molecule has 0 spiro atoms. The molecule has 0 radical (unpaired) electrons. The van der Waals surface area contributed by atoms with E-state index in [0.29, 0.717) is 10.7 Å². The van der Waals surface area contributed by atoms with Crippen LogP contribution in [0.1, 0.15) is 24.1 Å². The Morgan fingerprint density at radius 3 is 2.72 bits per heavy atom. The molecule has 0 aliphatic carbocycles. The van der Waals surface area contributed by atoms with E-state index in [1.54, 1.807) is 18.5 Å². The highest BCUT2D eigenvalue weighted by Crippen LogP contribution is 2.31. The first kappa shape index (κ1) is 12.8. The van der Waals surface area contributed by atoms with E-state index in [9.17, 15) is 13.2 Å². The summed E-state index contributed by atoms with van der Waals surface area (Å²) in [7, 11) is 0. The Morgan fingerprint density at radius 2 is 2.11 bits per heavy atom. The van der Waals surface area contributed by atoms with Gasteiger partial charge in [-0.15, -0.1) is 10.2 Å². The number of hydrogen-bond acceptors (Lipinski definition) is 4. The van der Waals surface area contributed by atoms with Gasteiger partial charge in [0.15, 0.2) is 0 Å². The average molecular weight is 273 g/mol. The molecule has 0 bridgehead atoms. The Hall–Kier alpha value is -1.63. The predicted octanol–water partition coefficient (Wildman–Crippen LogP) is 3.73. The molecule has 0 saturated heterocycles. The summed E-state index contributed by atoms with van der Waals surface area (Å²) in [6, 6.07) is 4.98. The summed E-state index contributed by atoms with van der Waals surface area (Å²) in [6.45, 7) is 1.77. The molecule has 7 heteroatoms. The van der Waals surface area contributed by atoms with Crippen LogP contribution >= 0.6 is 11.3 Å². The van der Waals surface area contributed by atoms with Crippen LogP contribution in [-0.4, -0.2) is 10.2 Å². The number of alkyl halides is 3. The number of hydrogen-bond donors (Lipinski definition) is 1. The quantitative estimate of drug-likeness (QED) is 0.926. The molecule has 1 N–H and O–H groups in total. The topological polar surface area (TPSA) is 37.8 Å². The van der Waals surface area contributed by atoms with E-state index in [1.165, 1.54) is 17.4 Å². The third-order valence-corrected chi connectivity index (χ3v) is 3.04. The van der Waals surface area contributed by atoms with Crippen LogP contribution in [0, 0.1) is 0 Å². The van der Waals surface area contributed by atoms with Gasteiger partial charge < -0.3 is 5.32 Å². The first-order valence-corrected chi connectivity index (χ1v) is 6.04. The maximum atomic E-state index is 12.6. The molecule has 1 unspecified atom stereocenters. The number of nitrogens with one attached hydrogen (secondary N) is 1. The number of halogens is 3. The molecule has 0 aliphatic heterocycles. The van der Waals surface area contributed by atoms with Gasteiger partial charge in [0, 0.05) is 0 Å². The smallest absolute Gasteiger partial charge is 0.354 e. The second-order valence-corrected chi connectivity index (χ2v) is 4.57. The van der Waals surface area contributed by atoms with Gasteiger partial charge in [-0.25, -0.2) is 0 Å². The van der Waals surface area contributed by atoms with E-state index in [2.05, 4.69) is 15.5 Å². The highest BCUT2D eigenvalue weighted by Gasteiger charge is 2.30. The van der Waals surface area contributed by atoms with Gasteiger partial charge in [-0.05, 0) is 24.6 Å². The zero-order valence-electron chi connectivity index (χ0n) is 9.40. The van der Waals surface area contributed by atoms with Crippen molar-refractivity contribution in [2.75, 3.05) is 5.32 Å². The fourth-order valence-electron chi connectivity index (χ4n) is 1.49. The van der Waals surface area contributed by atoms with Crippen molar-refractivity contribution in [2.24, 2.45) is 0 Å². The second kappa shape index (κ2) is 4.93. The van der Waals surface area contributed by atoms with Crippen LogP contribution in [0.5, 0.6) is 0 Å². The molecule has 1 atom stereocenters. The molecule has 3 nitrogen and oxygen atoms in total. The first-order chi connectivity index (χ1) is 8.47. The molecule has 1 aromatic heterocycles. The van der Waals surface area contributed by atoms with Crippen LogP contribution in [0.15, 0.2) is 29.8 Å². The Balaban J connectivity index is 2.18. The molecule has 0 aliphatic rings. The molecule has 18 heavy (non-hydrogen) atoms. The van der Waals surface area contributed by atoms with Gasteiger partial charge in [-0.3, -0.25) is 0 Å². The van der Waals surface area contributed by atoms with Crippen LogP contribution in [-0.2, 0) is 6.18 Å². The number of aromatic nitrogens is 2. The minimum absolute atomic E-state index is 0.264. The third kappa shape index (κ3) is 2.98. The fraction of sp³-hybridized carbons (Fsp3) is 0.273. The van der Waals surface area contributed by atoms with Gasteiger partial charge in [-0.1, -0.05) is 23.5 Å². The number of rotatable bonds is 3. The van der Waals surface area contributed by atoms with Crippen LogP contribution in [0.3, 0.4) is 0 Å². The summed E-state index contributed by atoms with van der Waals surface area (Å²) >= 11 is 1.30. The summed E-state index contributed by atoms with van der Waals surface area (Å²) in [5.41, 5.74) is 1.47. The number of nitrogens with zero attached hydrogens (tertiary/aromatic N) is 2. The lowest BCUT2D eigenvalue weighted by Gasteiger charge is -2.15. The SMILES string of the molecule is CC(Nc1nncs1)c1cccc(C(F)(F)F)c1. The van der Waals surface area contributed by atoms with Crippen molar-refractivity contribution in [3.05, 3.63) is 40.9 Å². The van der Waals surface area contributed by atoms with Crippen molar-refractivity contribution < 1.29 is 13.2 Å². The van der Waals surface area contributed by atoms with Crippen LogP contribution < -0.4 is 5.32 Å². The van der Waals surface area contributed by atoms with Gasteiger partial charge in [0.05, 0.1) is 11.6 Å². The Bertz CT molecular complexity index is 511. The van der Waals surface area contributed by atoms with E-state index >= 15 is 0 Å². The molecule has 2 aromatic rings. The lowest BCUT2D eigenvalue weighted by Crippen LogP contribution is -2.10. The summed E-state index contributed by atoms with van der Waals surface area (Å²) < 4.78 is 37.7. The van der Waals surface area contributed by atoms with Gasteiger partial charge in [0.25, 0.3) is 0 Å². The molecule has 96 valence electrons. The molecule has 0 fully saturated rings. The van der Waals surface area contributed by atoms with E-state index in [1.807, 2.05) is 0 Å². The van der Waals surface area contributed by atoms with Crippen molar-refractivity contribution in [3.8, 4) is 0 Å². The third-order valence-electron chi connectivity index (χ3n) is 2.41. The van der Waals surface area contributed by atoms with Crippen LogP contribution in [0.25, 0.3) is 0 Å². The molecule has 1 aromatic carbocycles. The maximum Gasteiger partial charge on any atom is 0.416 e. The molecular formula is C11H10F3N3S. The van der Waals surface area contributed by atoms with Crippen molar-refractivity contribution >= 4 is 16.5 Å². The zero-order valence-corrected chi connectivity index (χ0v) is 10.2. The van der Waals surface area contributed by atoms with E-state index < -0.39 is 11.7 Å². The van der Waals surface area contributed by atoms with Gasteiger partial charge in [0.2, 0.25) is 5.13 Å². The highest BCUT2D eigenvalue weighted by atomic mass is 32.1. The van der Waals surface area contributed by atoms with Gasteiger partial charge >= 0.3 is 6.18 Å². The van der Waals surface area contributed by atoms with Crippen LogP contribution in [0.4, 0.5) is 18.3 Å². The second-order valence-electron chi connectivity index (χ2n) is 3.73. The van der Waals surface area contributed by atoms with E-state index in [-0.39, 0.29) is 6.04 Å². The summed E-state index contributed by atoms with van der Waals surface area (Å²) in [4.78, 5) is 0. The maximum absolute atomic E-state index is 12.6. The Kier molecular flexibility index (Phi) is 3.51. The van der Waals surface area contributed by atoms with Crippen molar-refractivity contribution in [3.63, 3.8) is 0 Å². The minimum Gasteiger partial charge on any atom is -0.354 e. The monoisotopic (exact) mass is 273 g/mol. The van der Waals surface area contributed by atoms with Gasteiger partial charge in [0.1, 0.15) is 5.51 Å². The van der Waals surface area contributed by atoms with Gasteiger partial charge in [-0.2, -0.15) is 13.2 Å². The summed E-state index contributed by atoms with van der Waals surface area (Å²) in [5, 5.41) is 11.0. The summed E-state index contributed by atoms with van der Waals surface area (Å²) in [6.07, 6.45) is -4.32. The molecule has 0 saturated carbocycles. The van der Waals surface area contributed by atoms with Crippen molar-refractivity contribution in [1.29, 1.82) is 0 Å². The predicted molar refractivity (Wildman–Crippen MR) is 63.4 cm³/mol.